The number of hydrogen-bond donors (Lipinski definition) is 2. The lowest BCUT2D eigenvalue weighted by molar-refractivity contribution is 0.0216. The molecular weight excluding hydrogens is 424 g/mol. The van der Waals surface area contributed by atoms with E-state index in [-0.39, 0.29) is 17.0 Å². The van der Waals surface area contributed by atoms with Crippen molar-refractivity contribution >= 4 is 49.1 Å². The van der Waals surface area contributed by atoms with Crippen molar-refractivity contribution in [2.24, 2.45) is 5.14 Å². The molecule has 8 nitrogen and oxygen atoms in total. The van der Waals surface area contributed by atoms with Crippen molar-refractivity contribution in [1.29, 1.82) is 0 Å². The summed E-state index contributed by atoms with van der Waals surface area (Å²) in [6, 6.07) is 6.05. The molecule has 0 bridgehead atoms. The van der Waals surface area contributed by atoms with Crippen molar-refractivity contribution in [3.63, 3.8) is 0 Å². The van der Waals surface area contributed by atoms with E-state index >= 15 is 0 Å². The van der Waals surface area contributed by atoms with Crippen LogP contribution in [-0.4, -0.2) is 30.5 Å². The molecule has 1 saturated carbocycles. The summed E-state index contributed by atoms with van der Waals surface area (Å²) in [5.74, 6) is 0.222. The van der Waals surface area contributed by atoms with Gasteiger partial charge in [-0.15, -0.1) is 11.3 Å². The molecular formula is C20H22N4O4S2. The Balaban J connectivity index is 1.61. The van der Waals surface area contributed by atoms with E-state index in [2.05, 4.69) is 15.3 Å². The van der Waals surface area contributed by atoms with E-state index in [0.29, 0.717) is 21.2 Å². The van der Waals surface area contributed by atoms with Gasteiger partial charge in [-0.25, -0.2) is 28.3 Å². The van der Waals surface area contributed by atoms with Gasteiger partial charge in [-0.05, 0) is 62.4 Å². The highest BCUT2D eigenvalue weighted by molar-refractivity contribution is 7.89. The largest absolute Gasteiger partial charge is 0.458 e. The highest BCUT2D eigenvalue weighted by atomic mass is 32.2. The molecule has 0 aliphatic heterocycles. The topological polar surface area (TPSA) is 124 Å². The summed E-state index contributed by atoms with van der Waals surface area (Å²) >= 11 is 1.29. The Labute approximate surface area is 178 Å². The van der Waals surface area contributed by atoms with Crippen molar-refractivity contribution < 1.29 is 17.9 Å². The minimum absolute atomic E-state index is 0.0168. The molecule has 1 aromatic carbocycles. The van der Waals surface area contributed by atoms with Crippen LogP contribution in [0.4, 0.5) is 11.5 Å². The SMILES string of the molecule is Cc1c(C(=O)OC2CCCCC2)sc2ncnc(Nc3ccc(S(N)(=O)=O)cc3)c12. The Hall–Kier alpha value is -2.56. The quantitative estimate of drug-likeness (QED) is 0.570. The first-order valence-electron chi connectivity index (χ1n) is 9.68. The molecule has 30 heavy (non-hydrogen) atoms. The van der Waals surface area contributed by atoms with Crippen LogP contribution in [0.1, 0.15) is 47.3 Å². The van der Waals surface area contributed by atoms with E-state index in [9.17, 15) is 13.2 Å². The molecule has 1 aliphatic rings. The second-order valence-electron chi connectivity index (χ2n) is 7.32. The number of aromatic nitrogens is 2. The molecule has 1 aliphatic carbocycles. The van der Waals surface area contributed by atoms with Crippen molar-refractivity contribution in [1.82, 2.24) is 9.97 Å². The molecule has 0 saturated heterocycles. The van der Waals surface area contributed by atoms with Gasteiger partial charge in [0.25, 0.3) is 0 Å². The Morgan fingerprint density at radius 2 is 1.87 bits per heavy atom. The number of carbonyl (C=O) groups excluding carboxylic acids is 1. The number of fused-ring (bicyclic) bond motifs is 1. The predicted molar refractivity (Wildman–Crippen MR) is 116 cm³/mol. The molecule has 0 radical (unpaired) electrons. The zero-order valence-electron chi connectivity index (χ0n) is 16.4. The highest BCUT2D eigenvalue weighted by Crippen LogP contribution is 2.35. The van der Waals surface area contributed by atoms with Crippen LogP contribution in [0.5, 0.6) is 0 Å². The third-order valence-electron chi connectivity index (χ3n) is 5.18. The predicted octanol–water partition coefficient (Wildman–Crippen LogP) is 3.88. The van der Waals surface area contributed by atoms with Crippen LogP contribution in [0.15, 0.2) is 35.5 Å². The van der Waals surface area contributed by atoms with Crippen LogP contribution < -0.4 is 10.5 Å². The van der Waals surface area contributed by atoms with Gasteiger partial charge >= 0.3 is 5.97 Å². The maximum atomic E-state index is 12.8. The van der Waals surface area contributed by atoms with Crippen molar-refractivity contribution in [2.45, 2.75) is 50.0 Å². The summed E-state index contributed by atoms with van der Waals surface area (Å²) in [6.45, 7) is 1.86. The number of thiophene rings is 1. The number of carbonyl (C=O) groups is 1. The summed E-state index contributed by atoms with van der Waals surface area (Å²) in [5.41, 5.74) is 1.40. The van der Waals surface area contributed by atoms with Gasteiger partial charge in [0.2, 0.25) is 10.0 Å². The third kappa shape index (κ3) is 4.30. The normalized spacial score (nSPS) is 15.3. The minimum Gasteiger partial charge on any atom is -0.458 e. The average molecular weight is 447 g/mol. The number of rotatable bonds is 5. The molecule has 3 N–H and O–H groups in total. The number of primary sulfonamides is 1. The first-order valence-corrected chi connectivity index (χ1v) is 12.0. The van der Waals surface area contributed by atoms with E-state index in [0.717, 1.165) is 36.6 Å². The van der Waals surface area contributed by atoms with E-state index in [1.54, 1.807) is 12.1 Å². The zero-order chi connectivity index (χ0) is 21.3. The number of esters is 1. The fraction of sp³-hybridized carbons (Fsp3) is 0.350. The fourth-order valence-corrected chi connectivity index (χ4v) is 5.16. The molecule has 2 aromatic heterocycles. The number of aryl methyl sites for hydroxylation is 1. The van der Waals surface area contributed by atoms with Gasteiger partial charge < -0.3 is 10.1 Å². The molecule has 0 spiro atoms. The molecule has 0 unspecified atom stereocenters. The first-order chi connectivity index (χ1) is 14.3. The monoisotopic (exact) mass is 446 g/mol. The number of hydrogen-bond acceptors (Lipinski definition) is 8. The smallest absolute Gasteiger partial charge is 0.348 e. The number of benzene rings is 1. The maximum Gasteiger partial charge on any atom is 0.348 e. The standard InChI is InChI=1S/C20H22N4O4S2/c1-12-16-18(24-13-7-9-15(10-8-13)30(21,26)27)22-11-23-19(16)29-17(12)20(25)28-14-5-3-2-4-6-14/h7-11,14H,2-6H2,1H3,(H2,21,26,27)(H,22,23,24). The summed E-state index contributed by atoms with van der Waals surface area (Å²) in [7, 11) is -3.76. The van der Waals surface area contributed by atoms with Crippen LogP contribution in [0.2, 0.25) is 0 Å². The first kappa shape index (κ1) is 20.7. The Morgan fingerprint density at radius 1 is 1.17 bits per heavy atom. The van der Waals surface area contributed by atoms with E-state index in [1.165, 1.54) is 36.2 Å². The molecule has 10 heteroatoms. The van der Waals surface area contributed by atoms with Gasteiger partial charge in [-0.1, -0.05) is 6.42 Å². The number of nitrogens with zero attached hydrogens (tertiary/aromatic N) is 2. The number of nitrogens with two attached hydrogens (primary N) is 1. The van der Waals surface area contributed by atoms with Gasteiger partial charge in [0.05, 0.1) is 10.3 Å². The second-order valence-corrected chi connectivity index (χ2v) is 9.88. The molecule has 2 heterocycles. The average Bonchev–Trinajstić information content (AvgIpc) is 3.06. The molecule has 1 fully saturated rings. The molecule has 0 atom stereocenters. The van der Waals surface area contributed by atoms with Crippen molar-refractivity contribution in [2.75, 3.05) is 5.32 Å². The van der Waals surface area contributed by atoms with E-state index in [4.69, 9.17) is 9.88 Å². The lowest BCUT2D eigenvalue weighted by Crippen LogP contribution is -2.20. The number of nitrogens with one attached hydrogen (secondary N) is 1. The fourth-order valence-electron chi connectivity index (χ4n) is 3.61. The zero-order valence-corrected chi connectivity index (χ0v) is 18.1. The lowest BCUT2D eigenvalue weighted by Gasteiger charge is -2.21. The maximum absolute atomic E-state index is 12.8. The Kier molecular flexibility index (Phi) is 5.72. The van der Waals surface area contributed by atoms with Gasteiger partial charge in [0.15, 0.2) is 0 Å². The Morgan fingerprint density at radius 3 is 2.53 bits per heavy atom. The highest BCUT2D eigenvalue weighted by Gasteiger charge is 2.24. The van der Waals surface area contributed by atoms with E-state index < -0.39 is 10.0 Å². The number of sulfonamides is 1. The molecule has 0 amide bonds. The lowest BCUT2D eigenvalue weighted by atomic mass is 9.98. The molecule has 4 rings (SSSR count). The van der Waals surface area contributed by atoms with Crippen LogP contribution in [-0.2, 0) is 14.8 Å². The van der Waals surface area contributed by atoms with Crippen LogP contribution in [0, 0.1) is 6.92 Å². The number of ether oxygens (including phenoxy) is 1. The summed E-state index contributed by atoms with van der Waals surface area (Å²) < 4.78 is 28.6. The summed E-state index contributed by atoms with van der Waals surface area (Å²) in [4.78, 5) is 22.6. The van der Waals surface area contributed by atoms with Crippen LogP contribution >= 0.6 is 11.3 Å². The molecule has 158 valence electrons. The minimum atomic E-state index is -3.76. The van der Waals surface area contributed by atoms with Gasteiger partial charge in [-0.3, -0.25) is 0 Å². The van der Waals surface area contributed by atoms with Crippen LogP contribution in [0.25, 0.3) is 10.2 Å². The van der Waals surface area contributed by atoms with Crippen molar-refractivity contribution in [3.05, 3.63) is 41.0 Å². The van der Waals surface area contributed by atoms with Crippen molar-refractivity contribution in [3.8, 4) is 0 Å². The molecule has 3 aromatic rings. The summed E-state index contributed by atoms with van der Waals surface area (Å²) in [5, 5.41) is 9.05. The number of anilines is 2. The van der Waals surface area contributed by atoms with Gasteiger partial charge in [-0.2, -0.15) is 0 Å². The van der Waals surface area contributed by atoms with Gasteiger partial charge in [0.1, 0.15) is 28.0 Å². The van der Waals surface area contributed by atoms with Crippen LogP contribution in [0.3, 0.4) is 0 Å². The second kappa shape index (κ2) is 8.29. The summed E-state index contributed by atoms with van der Waals surface area (Å²) in [6.07, 6.45) is 6.61. The van der Waals surface area contributed by atoms with E-state index in [1.807, 2.05) is 6.92 Å². The third-order valence-corrected chi connectivity index (χ3v) is 7.29. The Bertz CT molecular complexity index is 1180. The van der Waals surface area contributed by atoms with Gasteiger partial charge in [0, 0.05) is 5.69 Å².